The lowest BCUT2D eigenvalue weighted by Gasteiger charge is -2.24. The standard InChI is InChI=1S/C14H16BrNO/c1-14(2,9-15)10-16-8-7-13(17)11-5-3-4-6-12(11)16/h3-8H,9-10H2,1-2H3. The summed E-state index contributed by atoms with van der Waals surface area (Å²) in [6.45, 7) is 5.29. The highest BCUT2D eigenvalue weighted by Crippen LogP contribution is 2.22. The Morgan fingerprint density at radius 1 is 1.24 bits per heavy atom. The van der Waals surface area contributed by atoms with Crippen molar-refractivity contribution in [1.29, 1.82) is 0 Å². The summed E-state index contributed by atoms with van der Waals surface area (Å²) in [4.78, 5) is 11.7. The van der Waals surface area contributed by atoms with Gasteiger partial charge in [-0.2, -0.15) is 0 Å². The van der Waals surface area contributed by atoms with Crippen molar-refractivity contribution in [3.05, 3.63) is 46.8 Å². The largest absolute Gasteiger partial charge is 0.347 e. The molecule has 0 spiro atoms. The van der Waals surface area contributed by atoms with E-state index in [0.717, 1.165) is 22.8 Å². The highest BCUT2D eigenvalue weighted by molar-refractivity contribution is 9.09. The third kappa shape index (κ3) is 2.60. The van der Waals surface area contributed by atoms with Gasteiger partial charge in [-0.3, -0.25) is 4.79 Å². The molecule has 0 bridgehead atoms. The molecular formula is C14H16BrNO. The Morgan fingerprint density at radius 3 is 2.65 bits per heavy atom. The third-order valence-electron chi connectivity index (χ3n) is 2.84. The molecule has 2 aromatic rings. The summed E-state index contributed by atoms with van der Waals surface area (Å²) in [5, 5.41) is 1.72. The summed E-state index contributed by atoms with van der Waals surface area (Å²) in [5.74, 6) is 0. The van der Waals surface area contributed by atoms with Gasteiger partial charge in [-0.25, -0.2) is 0 Å². The molecule has 0 aliphatic rings. The molecule has 0 aliphatic heterocycles. The van der Waals surface area contributed by atoms with Gasteiger partial charge < -0.3 is 4.57 Å². The zero-order valence-corrected chi connectivity index (χ0v) is 11.7. The number of pyridine rings is 1. The summed E-state index contributed by atoms with van der Waals surface area (Å²) in [7, 11) is 0. The molecule has 17 heavy (non-hydrogen) atoms. The molecule has 0 fully saturated rings. The van der Waals surface area contributed by atoms with E-state index < -0.39 is 0 Å². The molecule has 0 unspecified atom stereocenters. The van der Waals surface area contributed by atoms with Crippen LogP contribution in [0.4, 0.5) is 0 Å². The zero-order valence-electron chi connectivity index (χ0n) is 10.1. The Labute approximate surface area is 109 Å². The van der Waals surface area contributed by atoms with E-state index in [-0.39, 0.29) is 10.8 Å². The second-order valence-electron chi connectivity index (χ2n) is 5.12. The molecule has 0 saturated carbocycles. The van der Waals surface area contributed by atoms with Crippen LogP contribution in [0.15, 0.2) is 41.3 Å². The average Bonchev–Trinajstić information content (AvgIpc) is 2.33. The number of para-hydroxylation sites is 1. The Morgan fingerprint density at radius 2 is 1.94 bits per heavy atom. The lowest BCUT2D eigenvalue weighted by molar-refractivity contribution is 0.359. The predicted octanol–water partition coefficient (Wildman–Crippen LogP) is 3.42. The van der Waals surface area contributed by atoms with Crippen LogP contribution in [0, 0.1) is 5.41 Å². The van der Waals surface area contributed by atoms with Crippen molar-refractivity contribution in [1.82, 2.24) is 4.57 Å². The highest BCUT2D eigenvalue weighted by atomic mass is 79.9. The molecule has 90 valence electrons. The summed E-state index contributed by atoms with van der Waals surface area (Å²) < 4.78 is 2.15. The number of hydrogen-bond donors (Lipinski definition) is 0. The maximum absolute atomic E-state index is 11.7. The van der Waals surface area contributed by atoms with Crippen LogP contribution in [0.5, 0.6) is 0 Å². The van der Waals surface area contributed by atoms with Crippen molar-refractivity contribution in [3.8, 4) is 0 Å². The molecule has 3 heteroatoms. The van der Waals surface area contributed by atoms with Gasteiger partial charge in [0.05, 0.1) is 5.52 Å². The minimum Gasteiger partial charge on any atom is -0.347 e. The molecule has 1 aromatic heterocycles. The lowest BCUT2D eigenvalue weighted by atomic mass is 9.96. The smallest absolute Gasteiger partial charge is 0.189 e. The van der Waals surface area contributed by atoms with E-state index in [4.69, 9.17) is 0 Å². The predicted molar refractivity (Wildman–Crippen MR) is 75.8 cm³/mol. The zero-order chi connectivity index (χ0) is 12.5. The minimum absolute atomic E-state index is 0.0912. The molecule has 0 saturated heterocycles. The number of hydrogen-bond acceptors (Lipinski definition) is 1. The van der Waals surface area contributed by atoms with E-state index >= 15 is 0 Å². The van der Waals surface area contributed by atoms with Crippen molar-refractivity contribution in [2.75, 3.05) is 5.33 Å². The number of aromatic nitrogens is 1. The molecule has 1 heterocycles. The first-order valence-electron chi connectivity index (χ1n) is 5.68. The second-order valence-corrected chi connectivity index (χ2v) is 5.68. The summed E-state index contributed by atoms with van der Waals surface area (Å²) in [5.41, 5.74) is 1.26. The Hall–Kier alpha value is -1.09. The molecule has 0 N–H and O–H groups in total. The number of alkyl halides is 1. The first kappa shape index (κ1) is 12.4. The maximum Gasteiger partial charge on any atom is 0.189 e. The minimum atomic E-state index is 0.0912. The van der Waals surface area contributed by atoms with Gasteiger partial charge in [0.1, 0.15) is 0 Å². The molecule has 2 nitrogen and oxygen atoms in total. The Kier molecular flexibility index (Phi) is 3.38. The lowest BCUT2D eigenvalue weighted by Crippen LogP contribution is -2.22. The van der Waals surface area contributed by atoms with E-state index in [1.54, 1.807) is 6.07 Å². The molecule has 0 aliphatic carbocycles. The van der Waals surface area contributed by atoms with Gasteiger partial charge in [-0.15, -0.1) is 0 Å². The fraction of sp³-hybridized carbons (Fsp3) is 0.357. The maximum atomic E-state index is 11.7. The number of rotatable bonds is 3. The normalized spacial score (nSPS) is 11.9. The van der Waals surface area contributed by atoms with Gasteiger partial charge in [-0.05, 0) is 17.5 Å². The molecule has 2 rings (SSSR count). The fourth-order valence-electron chi connectivity index (χ4n) is 1.90. The summed E-state index contributed by atoms with van der Waals surface area (Å²) in [6, 6.07) is 9.41. The quantitative estimate of drug-likeness (QED) is 0.795. The van der Waals surface area contributed by atoms with Gasteiger partial charge >= 0.3 is 0 Å². The van der Waals surface area contributed by atoms with E-state index in [2.05, 4.69) is 34.3 Å². The number of benzene rings is 1. The van der Waals surface area contributed by atoms with Crippen LogP contribution < -0.4 is 5.43 Å². The van der Waals surface area contributed by atoms with Crippen LogP contribution in [-0.4, -0.2) is 9.90 Å². The average molecular weight is 294 g/mol. The molecule has 0 atom stereocenters. The Balaban J connectivity index is 2.56. The van der Waals surface area contributed by atoms with Crippen molar-refractivity contribution in [3.63, 3.8) is 0 Å². The van der Waals surface area contributed by atoms with Crippen LogP contribution in [-0.2, 0) is 6.54 Å². The SMILES string of the molecule is CC(C)(CBr)Cn1ccc(=O)c2ccccc21. The van der Waals surface area contributed by atoms with Crippen molar-refractivity contribution in [2.45, 2.75) is 20.4 Å². The third-order valence-corrected chi connectivity index (χ3v) is 4.36. The first-order valence-corrected chi connectivity index (χ1v) is 6.80. The topological polar surface area (TPSA) is 22.0 Å². The first-order chi connectivity index (χ1) is 8.03. The van der Waals surface area contributed by atoms with Crippen molar-refractivity contribution in [2.24, 2.45) is 5.41 Å². The molecular weight excluding hydrogens is 278 g/mol. The van der Waals surface area contributed by atoms with E-state index in [1.807, 2.05) is 30.5 Å². The van der Waals surface area contributed by atoms with Gasteiger partial charge in [0.25, 0.3) is 0 Å². The van der Waals surface area contributed by atoms with Crippen molar-refractivity contribution >= 4 is 26.8 Å². The molecule has 0 radical (unpaired) electrons. The second kappa shape index (κ2) is 4.65. The van der Waals surface area contributed by atoms with Crippen LogP contribution >= 0.6 is 15.9 Å². The summed E-state index contributed by atoms with van der Waals surface area (Å²) in [6.07, 6.45) is 1.88. The van der Waals surface area contributed by atoms with Crippen LogP contribution in [0.1, 0.15) is 13.8 Å². The highest BCUT2D eigenvalue weighted by Gasteiger charge is 2.17. The van der Waals surface area contributed by atoms with E-state index in [1.165, 1.54) is 0 Å². The number of halogens is 1. The van der Waals surface area contributed by atoms with Crippen LogP contribution in [0.25, 0.3) is 10.9 Å². The van der Waals surface area contributed by atoms with Gasteiger partial charge in [0.2, 0.25) is 0 Å². The van der Waals surface area contributed by atoms with Crippen molar-refractivity contribution < 1.29 is 0 Å². The number of fused-ring (bicyclic) bond motifs is 1. The fourth-order valence-corrected chi connectivity index (χ4v) is 2.08. The Bertz CT molecular complexity index is 586. The molecule has 0 amide bonds. The number of nitrogens with zero attached hydrogens (tertiary/aromatic N) is 1. The van der Waals surface area contributed by atoms with Crippen LogP contribution in [0.2, 0.25) is 0 Å². The van der Waals surface area contributed by atoms with Crippen LogP contribution in [0.3, 0.4) is 0 Å². The summed E-state index contributed by atoms with van der Waals surface area (Å²) >= 11 is 3.53. The van der Waals surface area contributed by atoms with Gasteiger partial charge in [0, 0.05) is 29.5 Å². The molecule has 1 aromatic carbocycles. The monoisotopic (exact) mass is 293 g/mol. The van der Waals surface area contributed by atoms with Gasteiger partial charge in [0.15, 0.2) is 5.43 Å². The van der Waals surface area contributed by atoms with E-state index in [9.17, 15) is 4.79 Å². The van der Waals surface area contributed by atoms with E-state index in [0.29, 0.717) is 0 Å². The van der Waals surface area contributed by atoms with Gasteiger partial charge in [-0.1, -0.05) is 41.9 Å².